The Bertz CT molecular complexity index is 935. The van der Waals surface area contributed by atoms with Crippen molar-refractivity contribution >= 4 is 15.7 Å². The summed E-state index contributed by atoms with van der Waals surface area (Å²) < 4.78 is 36.1. The van der Waals surface area contributed by atoms with Crippen molar-refractivity contribution in [1.29, 1.82) is 0 Å². The number of piperidine rings is 1. The van der Waals surface area contributed by atoms with Crippen LogP contribution in [0, 0.1) is 11.7 Å². The Morgan fingerprint density at radius 3 is 2.24 bits per heavy atom. The molecule has 0 bridgehead atoms. The van der Waals surface area contributed by atoms with E-state index >= 15 is 0 Å². The van der Waals surface area contributed by atoms with Gasteiger partial charge in [0.1, 0.15) is 5.82 Å². The minimum Gasteiger partial charge on any atom is -0.349 e. The summed E-state index contributed by atoms with van der Waals surface area (Å²) in [7, 11) is -3.23. The first kappa shape index (κ1) is 21.5. The maximum absolute atomic E-state index is 13.0. The van der Waals surface area contributed by atoms with Crippen molar-refractivity contribution in [3.05, 3.63) is 65.5 Å². The van der Waals surface area contributed by atoms with Gasteiger partial charge in [0, 0.05) is 18.7 Å². The summed E-state index contributed by atoms with van der Waals surface area (Å²) in [5, 5.41) is 3.05. The minimum absolute atomic E-state index is 0.0304. The van der Waals surface area contributed by atoms with Crippen molar-refractivity contribution in [2.75, 3.05) is 19.3 Å². The van der Waals surface area contributed by atoms with Crippen LogP contribution in [0.4, 0.5) is 4.39 Å². The van der Waals surface area contributed by atoms with Gasteiger partial charge in [0.2, 0.25) is 5.91 Å². The Morgan fingerprint density at radius 1 is 1.10 bits per heavy atom. The molecule has 0 radical (unpaired) electrons. The summed E-state index contributed by atoms with van der Waals surface area (Å²) in [6.07, 6.45) is 2.75. The molecule has 2 aromatic carbocycles. The molecule has 1 N–H and O–H groups in total. The molecule has 156 valence electrons. The van der Waals surface area contributed by atoms with Crippen molar-refractivity contribution in [1.82, 2.24) is 10.2 Å². The largest absolute Gasteiger partial charge is 0.349 e. The average molecular weight is 419 g/mol. The SMILES string of the molecule is CC(NC(=O)C1CCN(Cc2ccc(F)cc2)CC1)c1ccc(S(C)(=O)=O)cc1. The summed E-state index contributed by atoms with van der Waals surface area (Å²) in [5.74, 6) is -0.229. The summed E-state index contributed by atoms with van der Waals surface area (Å²) >= 11 is 0. The Morgan fingerprint density at radius 2 is 1.69 bits per heavy atom. The maximum atomic E-state index is 13.0. The highest BCUT2D eigenvalue weighted by molar-refractivity contribution is 7.90. The van der Waals surface area contributed by atoms with Gasteiger partial charge in [-0.15, -0.1) is 0 Å². The first-order valence-electron chi connectivity index (χ1n) is 9.79. The smallest absolute Gasteiger partial charge is 0.223 e. The van der Waals surface area contributed by atoms with E-state index in [1.54, 1.807) is 36.4 Å². The van der Waals surface area contributed by atoms with Gasteiger partial charge in [-0.2, -0.15) is 0 Å². The van der Waals surface area contributed by atoms with Crippen LogP contribution in [0.25, 0.3) is 0 Å². The maximum Gasteiger partial charge on any atom is 0.223 e. The van der Waals surface area contributed by atoms with Crippen LogP contribution in [0.5, 0.6) is 0 Å². The molecule has 0 aliphatic carbocycles. The lowest BCUT2D eigenvalue weighted by Gasteiger charge is -2.32. The molecule has 1 atom stereocenters. The topological polar surface area (TPSA) is 66.5 Å². The average Bonchev–Trinajstić information content (AvgIpc) is 2.69. The second kappa shape index (κ2) is 9.05. The number of likely N-dealkylation sites (tertiary alicyclic amines) is 1. The predicted molar refractivity (Wildman–Crippen MR) is 111 cm³/mol. The predicted octanol–water partition coefficient (Wildman–Crippen LogP) is 3.32. The molecule has 1 aliphatic heterocycles. The Kier molecular flexibility index (Phi) is 6.70. The van der Waals surface area contributed by atoms with Crippen LogP contribution in [-0.4, -0.2) is 38.6 Å². The van der Waals surface area contributed by atoms with Crippen LogP contribution < -0.4 is 5.32 Å². The molecule has 0 spiro atoms. The Hall–Kier alpha value is -2.25. The van der Waals surface area contributed by atoms with Gasteiger partial charge in [-0.25, -0.2) is 12.8 Å². The van der Waals surface area contributed by atoms with Gasteiger partial charge in [0.05, 0.1) is 10.9 Å². The number of benzene rings is 2. The van der Waals surface area contributed by atoms with Crippen LogP contribution in [0.2, 0.25) is 0 Å². The number of rotatable bonds is 6. The Balaban J connectivity index is 1.49. The number of amides is 1. The molecule has 1 amide bonds. The first-order chi connectivity index (χ1) is 13.7. The number of nitrogens with zero attached hydrogens (tertiary/aromatic N) is 1. The van der Waals surface area contributed by atoms with E-state index in [4.69, 9.17) is 0 Å². The fourth-order valence-electron chi connectivity index (χ4n) is 3.62. The second-order valence-corrected chi connectivity index (χ2v) is 9.76. The van der Waals surface area contributed by atoms with E-state index in [1.165, 1.54) is 18.4 Å². The van der Waals surface area contributed by atoms with Crippen molar-refractivity contribution in [2.24, 2.45) is 5.92 Å². The van der Waals surface area contributed by atoms with E-state index in [2.05, 4.69) is 10.2 Å². The van der Waals surface area contributed by atoms with Crippen molar-refractivity contribution in [3.8, 4) is 0 Å². The number of nitrogens with one attached hydrogen (secondary N) is 1. The number of sulfone groups is 1. The van der Waals surface area contributed by atoms with E-state index in [1.807, 2.05) is 6.92 Å². The third-order valence-corrected chi connectivity index (χ3v) is 6.57. The van der Waals surface area contributed by atoms with E-state index in [0.717, 1.165) is 43.6 Å². The van der Waals surface area contributed by atoms with E-state index < -0.39 is 9.84 Å². The van der Waals surface area contributed by atoms with Crippen molar-refractivity contribution < 1.29 is 17.6 Å². The molecular weight excluding hydrogens is 391 g/mol. The molecule has 7 heteroatoms. The van der Waals surface area contributed by atoms with Gasteiger partial charge in [-0.1, -0.05) is 24.3 Å². The lowest BCUT2D eigenvalue weighted by molar-refractivity contribution is -0.127. The van der Waals surface area contributed by atoms with Gasteiger partial charge < -0.3 is 5.32 Å². The Labute approximate surface area is 171 Å². The monoisotopic (exact) mass is 418 g/mol. The molecule has 1 saturated heterocycles. The zero-order valence-corrected chi connectivity index (χ0v) is 17.6. The summed E-state index contributed by atoms with van der Waals surface area (Å²) in [5.41, 5.74) is 1.94. The van der Waals surface area contributed by atoms with Crippen LogP contribution in [0.3, 0.4) is 0 Å². The zero-order valence-electron chi connectivity index (χ0n) is 16.8. The lowest BCUT2D eigenvalue weighted by atomic mass is 9.95. The van der Waals surface area contributed by atoms with E-state index in [-0.39, 0.29) is 28.6 Å². The molecule has 29 heavy (non-hydrogen) atoms. The molecule has 0 saturated carbocycles. The summed E-state index contributed by atoms with van der Waals surface area (Å²) in [6, 6.07) is 13.0. The van der Waals surface area contributed by atoms with Crippen LogP contribution in [0.15, 0.2) is 53.4 Å². The number of hydrogen-bond acceptors (Lipinski definition) is 4. The molecule has 1 unspecified atom stereocenters. The number of halogens is 1. The van der Waals surface area contributed by atoms with Gasteiger partial charge in [-0.3, -0.25) is 9.69 Å². The van der Waals surface area contributed by atoms with Crippen LogP contribution in [0.1, 0.15) is 36.9 Å². The van der Waals surface area contributed by atoms with Crippen LogP contribution in [-0.2, 0) is 21.2 Å². The molecule has 5 nitrogen and oxygen atoms in total. The summed E-state index contributed by atoms with van der Waals surface area (Å²) in [6.45, 7) is 4.31. The van der Waals surface area contributed by atoms with Crippen molar-refractivity contribution in [2.45, 2.75) is 37.2 Å². The summed E-state index contributed by atoms with van der Waals surface area (Å²) in [4.78, 5) is 15.2. The third kappa shape index (κ3) is 5.87. The molecule has 2 aromatic rings. The molecule has 1 aliphatic rings. The molecule has 1 fully saturated rings. The molecule has 0 aromatic heterocycles. The van der Waals surface area contributed by atoms with Crippen LogP contribution >= 0.6 is 0 Å². The highest BCUT2D eigenvalue weighted by atomic mass is 32.2. The second-order valence-electron chi connectivity index (χ2n) is 7.75. The van der Waals surface area contributed by atoms with Gasteiger partial charge >= 0.3 is 0 Å². The van der Waals surface area contributed by atoms with E-state index in [0.29, 0.717) is 0 Å². The first-order valence-corrected chi connectivity index (χ1v) is 11.7. The van der Waals surface area contributed by atoms with E-state index in [9.17, 15) is 17.6 Å². The quantitative estimate of drug-likeness (QED) is 0.782. The molecule has 3 rings (SSSR count). The van der Waals surface area contributed by atoms with Gasteiger partial charge in [-0.05, 0) is 68.2 Å². The van der Waals surface area contributed by atoms with Gasteiger partial charge in [0.15, 0.2) is 9.84 Å². The minimum atomic E-state index is -3.23. The highest BCUT2D eigenvalue weighted by Crippen LogP contribution is 2.22. The van der Waals surface area contributed by atoms with Gasteiger partial charge in [0.25, 0.3) is 0 Å². The zero-order chi connectivity index (χ0) is 21.0. The number of carbonyl (C=O) groups excluding carboxylic acids is 1. The molecule has 1 heterocycles. The fraction of sp³-hybridized carbons (Fsp3) is 0.409. The van der Waals surface area contributed by atoms with Crippen molar-refractivity contribution in [3.63, 3.8) is 0 Å². The number of hydrogen-bond donors (Lipinski definition) is 1. The highest BCUT2D eigenvalue weighted by Gasteiger charge is 2.26. The normalized spacial score (nSPS) is 17.1. The molecular formula is C22H27FN2O3S. The fourth-order valence-corrected chi connectivity index (χ4v) is 4.25. The lowest BCUT2D eigenvalue weighted by Crippen LogP contribution is -2.40. The number of carbonyl (C=O) groups is 1. The standard InChI is InChI=1S/C22H27FN2O3S/c1-16(18-5-9-21(10-6-18)29(2,27)28)24-22(26)19-11-13-25(14-12-19)15-17-3-7-20(23)8-4-17/h3-10,16,19H,11-15H2,1-2H3,(H,24,26). The third-order valence-electron chi connectivity index (χ3n) is 5.44.